The number of methoxy groups -OCH3 is 1. The zero-order valence-electron chi connectivity index (χ0n) is 15.2. The first-order chi connectivity index (χ1) is 12.6. The maximum absolute atomic E-state index is 13.3. The van der Waals surface area contributed by atoms with E-state index < -0.39 is 0 Å². The van der Waals surface area contributed by atoms with Crippen molar-refractivity contribution in [2.45, 2.75) is 26.3 Å². The third-order valence-electron chi connectivity index (χ3n) is 4.72. The van der Waals surface area contributed by atoms with Crippen molar-refractivity contribution in [3.63, 3.8) is 0 Å². The van der Waals surface area contributed by atoms with Crippen LogP contribution in [0.15, 0.2) is 60.8 Å². The summed E-state index contributed by atoms with van der Waals surface area (Å²) in [5.41, 5.74) is 4.16. The summed E-state index contributed by atoms with van der Waals surface area (Å²) in [6.07, 6.45) is 2.65. The van der Waals surface area contributed by atoms with Gasteiger partial charge in [0.25, 0.3) is 0 Å². The van der Waals surface area contributed by atoms with Gasteiger partial charge in [-0.2, -0.15) is 0 Å². The molecule has 2 aromatic carbocycles. The summed E-state index contributed by atoms with van der Waals surface area (Å²) in [4.78, 5) is 12.5. The second kappa shape index (κ2) is 7.56. The highest BCUT2D eigenvalue weighted by Crippen LogP contribution is 2.33. The molecule has 0 fully saturated rings. The van der Waals surface area contributed by atoms with Crippen molar-refractivity contribution in [1.82, 2.24) is 4.57 Å². The van der Waals surface area contributed by atoms with Crippen molar-refractivity contribution in [1.29, 1.82) is 0 Å². The fraction of sp³-hybridized carbons (Fsp3) is 0.227. The van der Waals surface area contributed by atoms with Crippen LogP contribution in [0.4, 0.5) is 4.39 Å². The smallest absolute Gasteiger partial charge is 0.340 e. The Kier molecular flexibility index (Phi) is 5.21. The predicted molar refractivity (Wildman–Crippen MR) is 101 cm³/mol. The average molecular weight is 351 g/mol. The van der Waals surface area contributed by atoms with Crippen LogP contribution in [-0.4, -0.2) is 17.6 Å². The summed E-state index contributed by atoms with van der Waals surface area (Å²) in [6, 6.07) is 16.4. The van der Waals surface area contributed by atoms with E-state index in [-0.39, 0.29) is 17.8 Å². The van der Waals surface area contributed by atoms with E-state index in [1.165, 1.54) is 19.2 Å². The van der Waals surface area contributed by atoms with Crippen LogP contribution in [0.2, 0.25) is 0 Å². The van der Waals surface area contributed by atoms with Gasteiger partial charge >= 0.3 is 5.97 Å². The fourth-order valence-electron chi connectivity index (χ4n) is 3.34. The van der Waals surface area contributed by atoms with Gasteiger partial charge < -0.3 is 9.30 Å². The van der Waals surface area contributed by atoms with E-state index >= 15 is 0 Å². The molecular formula is C22H22FNO2. The second-order valence-corrected chi connectivity index (χ2v) is 6.21. The van der Waals surface area contributed by atoms with Gasteiger partial charge in [-0.3, -0.25) is 0 Å². The summed E-state index contributed by atoms with van der Waals surface area (Å²) in [7, 11) is 1.38. The minimum atomic E-state index is -0.375. The zero-order chi connectivity index (χ0) is 18.7. The van der Waals surface area contributed by atoms with Gasteiger partial charge in [0.05, 0.1) is 18.7 Å². The van der Waals surface area contributed by atoms with Gasteiger partial charge in [0.1, 0.15) is 5.82 Å². The number of carbonyl (C=O) groups excluding carboxylic acids is 1. The van der Waals surface area contributed by atoms with Gasteiger partial charge in [-0.15, -0.1) is 0 Å². The molecule has 134 valence electrons. The molecular weight excluding hydrogens is 329 g/mol. The van der Waals surface area contributed by atoms with Crippen LogP contribution in [0.25, 0.3) is 11.1 Å². The molecule has 0 unspecified atom stereocenters. The quantitative estimate of drug-likeness (QED) is 0.588. The molecule has 0 saturated heterocycles. The normalized spacial score (nSPS) is 12.0. The highest BCUT2D eigenvalue weighted by atomic mass is 19.1. The Hall–Kier alpha value is -2.88. The Morgan fingerprint density at radius 3 is 2.35 bits per heavy atom. The third-order valence-corrected chi connectivity index (χ3v) is 4.72. The van der Waals surface area contributed by atoms with Gasteiger partial charge in [-0.25, -0.2) is 9.18 Å². The molecule has 1 heterocycles. The number of esters is 1. The Labute approximate surface area is 153 Å². The Balaban J connectivity index is 2.19. The molecule has 0 aliphatic carbocycles. The molecule has 1 aromatic heterocycles. The lowest BCUT2D eigenvalue weighted by Crippen LogP contribution is -2.12. The highest BCUT2D eigenvalue weighted by molar-refractivity contribution is 5.98. The van der Waals surface area contributed by atoms with E-state index in [1.54, 1.807) is 12.1 Å². The van der Waals surface area contributed by atoms with Gasteiger partial charge in [0.2, 0.25) is 0 Å². The fourth-order valence-corrected chi connectivity index (χ4v) is 3.34. The van der Waals surface area contributed by atoms with Crippen LogP contribution in [0.5, 0.6) is 0 Å². The lowest BCUT2D eigenvalue weighted by atomic mass is 10.0. The lowest BCUT2D eigenvalue weighted by Gasteiger charge is -2.18. The van der Waals surface area contributed by atoms with Gasteiger partial charge in [0, 0.05) is 17.5 Å². The Morgan fingerprint density at radius 2 is 1.77 bits per heavy atom. The number of benzene rings is 2. The summed E-state index contributed by atoms with van der Waals surface area (Å²) >= 11 is 0. The van der Waals surface area contributed by atoms with Gasteiger partial charge in [-0.05, 0) is 36.6 Å². The molecule has 26 heavy (non-hydrogen) atoms. The minimum Gasteiger partial charge on any atom is -0.465 e. The molecule has 0 N–H and O–H groups in total. The monoisotopic (exact) mass is 351 g/mol. The molecule has 1 atom stereocenters. The number of hydrogen-bond donors (Lipinski definition) is 0. The molecule has 0 bridgehead atoms. The van der Waals surface area contributed by atoms with Crippen LogP contribution in [0.3, 0.4) is 0 Å². The SMILES string of the molecule is CCc1c(C(=O)OC)c(-c2ccc(F)cc2)cn1[C@H](C)c1ccccc1. The van der Waals surface area contributed by atoms with Crippen LogP contribution < -0.4 is 0 Å². The van der Waals surface area contributed by atoms with E-state index in [0.717, 1.165) is 22.4 Å². The van der Waals surface area contributed by atoms with E-state index in [1.807, 2.05) is 31.3 Å². The first-order valence-electron chi connectivity index (χ1n) is 8.69. The third kappa shape index (κ3) is 3.27. The van der Waals surface area contributed by atoms with Gasteiger partial charge in [0.15, 0.2) is 0 Å². The van der Waals surface area contributed by atoms with E-state index in [9.17, 15) is 9.18 Å². The number of rotatable bonds is 5. The van der Waals surface area contributed by atoms with Crippen molar-refractivity contribution in [2.24, 2.45) is 0 Å². The first kappa shape index (κ1) is 17.9. The first-order valence-corrected chi connectivity index (χ1v) is 8.69. The molecule has 3 aromatic rings. The van der Waals surface area contributed by atoms with E-state index in [0.29, 0.717) is 12.0 Å². The molecule has 0 amide bonds. The number of nitrogens with zero attached hydrogens (tertiary/aromatic N) is 1. The molecule has 3 nitrogen and oxygen atoms in total. The number of ether oxygens (including phenoxy) is 1. The zero-order valence-corrected chi connectivity index (χ0v) is 15.2. The van der Waals surface area contributed by atoms with Crippen molar-refractivity contribution in [3.05, 3.63) is 83.4 Å². The highest BCUT2D eigenvalue weighted by Gasteiger charge is 2.25. The molecule has 0 aliphatic heterocycles. The number of carbonyl (C=O) groups is 1. The van der Waals surface area contributed by atoms with Crippen molar-refractivity contribution >= 4 is 5.97 Å². The number of aromatic nitrogens is 1. The molecule has 0 spiro atoms. The van der Waals surface area contributed by atoms with Crippen molar-refractivity contribution in [2.75, 3.05) is 7.11 Å². The predicted octanol–water partition coefficient (Wildman–Crippen LogP) is 5.25. The molecule has 0 radical (unpaired) electrons. The summed E-state index contributed by atoms with van der Waals surface area (Å²) in [5, 5.41) is 0. The number of hydrogen-bond acceptors (Lipinski definition) is 2. The maximum Gasteiger partial charge on any atom is 0.340 e. The van der Waals surface area contributed by atoms with Crippen LogP contribution in [0.1, 0.15) is 41.5 Å². The Morgan fingerprint density at radius 1 is 1.12 bits per heavy atom. The second-order valence-electron chi connectivity index (χ2n) is 6.21. The van der Waals surface area contributed by atoms with Gasteiger partial charge in [-0.1, -0.05) is 49.4 Å². The van der Waals surface area contributed by atoms with Crippen LogP contribution in [-0.2, 0) is 11.2 Å². The summed E-state index contributed by atoms with van der Waals surface area (Å²) in [5.74, 6) is -0.679. The van der Waals surface area contributed by atoms with E-state index in [2.05, 4.69) is 23.6 Å². The molecule has 0 aliphatic rings. The molecule has 3 rings (SSSR count). The standard InChI is InChI=1S/C22H22FNO2/c1-4-20-21(22(25)26-3)19(17-10-12-18(23)13-11-17)14-24(20)15(2)16-8-6-5-7-9-16/h5-15H,4H2,1-3H3/t15-/m1/s1. The van der Waals surface area contributed by atoms with Crippen LogP contribution in [0, 0.1) is 5.82 Å². The minimum absolute atomic E-state index is 0.0590. The topological polar surface area (TPSA) is 31.2 Å². The summed E-state index contributed by atoms with van der Waals surface area (Å²) < 4.78 is 20.5. The largest absolute Gasteiger partial charge is 0.465 e. The average Bonchev–Trinajstić information content (AvgIpc) is 3.07. The summed E-state index contributed by atoms with van der Waals surface area (Å²) in [6.45, 7) is 4.12. The molecule has 0 saturated carbocycles. The molecule has 4 heteroatoms. The number of halogens is 1. The van der Waals surface area contributed by atoms with Crippen molar-refractivity contribution in [3.8, 4) is 11.1 Å². The Bertz CT molecular complexity index is 898. The lowest BCUT2D eigenvalue weighted by molar-refractivity contribution is 0.0600. The van der Waals surface area contributed by atoms with Crippen LogP contribution >= 0.6 is 0 Å². The van der Waals surface area contributed by atoms with E-state index in [4.69, 9.17) is 4.74 Å². The van der Waals surface area contributed by atoms with Crippen molar-refractivity contribution < 1.29 is 13.9 Å². The maximum atomic E-state index is 13.3.